The van der Waals surface area contributed by atoms with Gasteiger partial charge in [0.15, 0.2) is 22.3 Å². The molecule has 0 fully saturated rings. The van der Waals surface area contributed by atoms with Crippen molar-refractivity contribution in [1.82, 2.24) is 44.4 Å². The Morgan fingerprint density at radius 2 is 0.908 bits per heavy atom. The van der Waals surface area contributed by atoms with Crippen LogP contribution in [0.3, 0.4) is 0 Å². The minimum Gasteiger partial charge on any atom is -0.292 e. The summed E-state index contributed by atoms with van der Waals surface area (Å²) in [4.78, 5) is 37.4. The van der Waals surface area contributed by atoms with E-state index in [1.54, 1.807) is 12.4 Å². The summed E-state index contributed by atoms with van der Waals surface area (Å²) >= 11 is 6.36. The number of hydrogen-bond acceptors (Lipinski definition) is 8. The largest absolute Gasteiger partial charge is 0.292 e. The molecule has 0 bridgehead atoms. The highest BCUT2D eigenvalue weighted by Crippen LogP contribution is 2.41. The molecule has 18 rings (SSSR count). The third kappa shape index (κ3) is 9.37. The molecule has 2 aliphatic carbocycles. The molecule has 10 heteroatoms. The molecule has 0 saturated heterocycles. The topological polar surface area (TPSA) is 108 Å². The second-order valence-electron chi connectivity index (χ2n) is 21.6. The maximum absolute atomic E-state index is 6.36. The highest BCUT2D eigenvalue weighted by atomic mass is 35.5. The summed E-state index contributed by atoms with van der Waals surface area (Å²) in [5.41, 5.74) is 20.1. The highest BCUT2D eigenvalue weighted by Gasteiger charge is 2.27. The standard InChI is InChI=1S/C38H23N5.C22H13ClN4.C17H11/c1-2-9-28-23-34-31(22-27(28)8-1)30-12-3-4-15-33(30)43(34)38-36(42-37-32(41-38)14-7-21-40-37)26-18-16-24(17-19-26)29-13-5-10-25-11-6-20-39-35(25)29;23-21-20(27-22-18(26-21)7-3-13-25-22)16-10-8-14(9-11-16)17-6-1-4-15-5-2-12-24-19(15)17;1-2-6-13-11-17-15(9-12(13)5-1)10-14-7-3-4-8-16(14)17/h1-23H;1-13H;1-2,4-9,11H,10H2/q;;+1. The second-order valence-corrected chi connectivity index (χ2v) is 21.9. The van der Waals surface area contributed by atoms with Gasteiger partial charge in [0, 0.05) is 86.6 Å². The maximum Gasteiger partial charge on any atom is 0.178 e. The number of benzene rings is 9. The van der Waals surface area contributed by atoms with Crippen LogP contribution in [-0.4, -0.2) is 44.4 Å². The molecule has 2 aliphatic rings. The van der Waals surface area contributed by atoms with Crippen molar-refractivity contribution in [1.29, 1.82) is 0 Å². The zero-order valence-corrected chi connectivity index (χ0v) is 47.3. The Hall–Kier alpha value is -11.5. The molecule has 0 unspecified atom stereocenters. The van der Waals surface area contributed by atoms with Crippen molar-refractivity contribution in [3.63, 3.8) is 0 Å². The number of fused-ring (bicyclic) bond motifs is 11. The van der Waals surface area contributed by atoms with Gasteiger partial charge in [-0.1, -0.05) is 175 Å². The van der Waals surface area contributed by atoms with Gasteiger partial charge in [-0.05, 0) is 105 Å². The van der Waals surface area contributed by atoms with E-state index in [-0.39, 0.29) is 0 Å². The number of rotatable bonds is 5. The molecule has 0 amide bonds. The molecular formula is C77H47ClN9+. The van der Waals surface area contributed by atoms with Crippen LogP contribution in [-0.2, 0) is 6.42 Å². The van der Waals surface area contributed by atoms with Gasteiger partial charge in [-0.3, -0.25) is 14.5 Å². The molecular weight excluding hydrogens is 1090 g/mol. The monoisotopic (exact) mass is 1130 g/mol. The summed E-state index contributed by atoms with van der Waals surface area (Å²) in [6.07, 6.45) is 17.6. The van der Waals surface area contributed by atoms with E-state index in [2.05, 4.69) is 229 Å². The molecule has 0 spiro atoms. The Bertz CT molecular complexity index is 5500. The molecule has 406 valence electrons. The number of aromatic nitrogens is 9. The zero-order valence-electron chi connectivity index (χ0n) is 46.6. The van der Waals surface area contributed by atoms with Crippen molar-refractivity contribution in [2.75, 3.05) is 0 Å². The number of nitrogens with zero attached hydrogens (tertiary/aromatic N) is 9. The normalized spacial score (nSPS) is 12.4. The van der Waals surface area contributed by atoms with Crippen molar-refractivity contribution < 1.29 is 0 Å². The summed E-state index contributed by atoms with van der Waals surface area (Å²) in [6.45, 7) is 0. The lowest BCUT2D eigenvalue weighted by molar-refractivity contribution is 1.07. The van der Waals surface area contributed by atoms with Crippen molar-refractivity contribution in [2.24, 2.45) is 0 Å². The second kappa shape index (κ2) is 21.6. The van der Waals surface area contributed by atoms with Crippen LogP contribution in [0.5, 0.6) is 0 Å². The Kier molecular flexibility index (Phi) is 12.7. The van der Waals surface area contributed by atoms with Gasteiger partial charge >= 0.3 is 0 Å². The van der Waals surface area contributed by atoms with Gasteiger partial charge in [-0.25, -0.2) is 29.9 Å². The number of para-hydroxylation sites is 3. The van der Waals surface area contributed by atoms with E-state index >= 15 is 0 Å². The van der Waals surface area contributed by atoms with Gasteiger partial charge in [-0.15, -0.1) is 0 Å². The molecule has 0 N–H and O–H groups in total. The lowest BCUT2D eigenvalue weighted by atomic mass is 9.99. The fourth-order valence-electron chi connectivity index (χ4n) is 12.2. The lowest BCUT2D eigenvalue weighted by Crippen LogP contribution is -2.04. The van der Waals surface area contributed by atoms with E-state index in [1.807, 2.05) is 73.1 Å². The molecule has 0 aliphatic heterocycles. The van der Waals surface area contributed by atoms with Crippen LogP contribution in [0.2, 0.25) is 5.15 Å². The first-order valence-electron chi connectivity index (χ1n) is 28.8. The van der Waals surface area contributed by atoms with Gasteiger partial charge < -0.3 is 0 Å². The first-order chi connectivity index (χ1) is 43.0. The zero-order chi connectivity index (χ0) is 57.8. The molecule has 7 aromatic heterocycles. The SMILES string of the molecule is Clc1nc2cccnc2nc1-c1ccc(-c2cccc3cccnc23)cc1.[C+]1=CC2=C(C=C1)c1cc3ccccc3cc1C2.c1ccc2cc3c(cc2c1)c1ccccc1n3-c1nc2cccnc2nc1-c1ccc(-c2cccc3cccnc23)cc1. The molecule has 87 heavy (non-hydrogen) atoms. The lowest BCUT2D eigenvalue weighted by Gasteiger charge is -2.14. The van der Waals surface area contributed by atoms with Gasteiger partial charge in [0.05, 0.1) is 39.3 Å². The fraction of sp³-hybridized carbons (Fsp3) is 0.0130. The molecule has 0 saturated carbocycles. The van der Waals surface area contributed by atoms with Crippen molar-refractivity contribution in [3.8, 4) is 50.6 Å². The quantitative estimate of drug-likeness (QED) is 0.157. The van der Waals surface area contributed by atoms with E-state index < -0.39 is 0 Å². The van der Waals surface area contributed by atoms with Gasteiger partial charge in [-0.2, -0.15) is 0 Å². The van der Waals surface area contributed by atoms with Crippen LogP contribution in [0.1, 0.15) is 11.1 Å². The molecule has 9 aromatic carbocycles. The average Bonchev–Trinajstić information content (AvgIpc) is 1.80. The van der Waals surface area contributed by atoms with E-state index in [1.165, 1.54) is 54.6 Å². The number of halogens is 1. The minimum atomic E-state index is 0.370. The van der Waals surface area contributed by atoms with Gasteiger partial charge in [0.2, 0.25) is 0 Å². The Morgan fingerprint density at radius 1 is 0.391 bits per heavy atom. The van der Waals surface area contributed by atoms with Crippen molar-refractivity contribution >= 4 is 105 Å². The fourth-order valence-corrected chi connectivity index (χ4v) is 12.5. The molecule has 0 radical (unpaired) electrons. The Balaban J connectivity index is 0.000000118. The first kappa shape index (κ1) is 51.2. The van der Waals surface area contributed by atoms with Crippen molar-refractivity contribution in [3.05, 3.63) is 301 Å². The summed E-state index contributed by atoms with van der Waals surface area (Å²) in [5, 5.41) is 10.0. The number of hydrogen-bond donors (Lipinski definition) is 0. The highest BCUT2D eigenvalue weighted by molar-refractivity contribution is 6.32. The molecule has 7 heterocycles. The predicted octanol–water partition coefficient (Wildman–Crippen LogP) is 18.8. The maximum atomic E-state index is 6.36. The summed E-state index contributed by atoms with van der Waals surface area (Å²) in [5.74, 6) is 0.779. The van der Waals surface area contributed by atoms with Crippen LogP contribution in [0, 0.1) is 6.08 Å². The van der Waals surface area contributed by atoms with E-state index in [9.17, 15) is 0 Å². The van der Waals surface area contributed by atoms with Crippen LogP contribution in [0.25, 0.3) is 144 Å². The third-order valence-electron chi connectivity index (χ3n) is 16.4. The smallest absolute Gasteiger partial charge is 0.178 e. The molecule has 9 nitrogen and oxygen atoms in total. The van der Waals surface area contributed by atoms with Crippen molar-refractivity contribution in [2.45, 2.75) is 6.42 Å². The van der Waals surface area contributed by atoms with Crippen LogP contribution in [0.15, 0.2) is 279 Å². The van der Waals surface area contributed by atoms with Crippen LogP contribution >= 0.6 is 11.6 Å². The van der Waals surface area contributed by atoms with Crippen LogP contribution in [0.4, 0.5) is 0 Å². The first-order valence-corrected chi connectivity index (χ1v) is 29.1. The van der Waals surface area contributed by atoms with Gasteiger partial charge in [0.1, 0.15) is 34.6 Å². The average molecular weight is 1130 g/mol. The van der Waals surface area contributed by atoms with E-state index in [0.29, 0.717) is 27.7 Å². The van der Waals surface area contributed by atoms with E-state index in [0.717, 1.165) is 89.7 Å². The molecule has 0 atom stereocenters. The summed E-state index contributed by atoms with van der Waals surface area (Å²) in [6, 6.07) is 79.6. The predicted molar refractivity (Wildman–Crippen MR) is 355 cm³/mol. The van der Waals surface area contributed by atoms with Gasteiger partial charge in [0.25, 0.3) is 0 Å². The minimum absolute atomic E-state index is 0.370. The molecule has 16 aromatic rings. The number of allylic oxidation sites excluding steroid dienone is 6. The number of pyridine rings is 4. The Labute approximate surface area is 504 Å². The third-order valence-corrected chi connectivity index (χ3v) is 16.6. The summed E-state index contributed by atoms with van der Waals surface area (Å²) < 4.78 is 2.26. The van der Waals surface area contributed by atoms with Crippen LogP contribution < -0.4 is 0 Å². The van der Waals surface area contributed by atoms with E-state index in [4.69, 9.17) is 21.6 Å². The summed E-state index contributed by atoms with van der Waals surface area (Å²) in [7, 11) is 0. The Morgan fingerprint density at radius 3 is 1.57 bits per heavy atom.